The summed E-state index contributed by atoms with van der Waals surface area (Å²) in [6.45, 7) is 3.27. The summed E-state index contributed by atoms with van der Waals surface area (Å²) in [5.41, 5.74) is 2.62. The summed E-state index contributed by atoms with van der Waals surface area (Å²) < 4.78 is 21.4. The number of carbonyl (C=O) groups is 1. The molecule has 1 N–H and O–H groups in total. The number of halogens is 2. The Balaban J connectivity index is 1.92. The zero-order valence-electron chi connectivity index (χ0n) is 20.0. The normalized spacial score (nSPS) is 12.0. The Bertz CT molecular complexity index is 1450. The first-order valence-corrected chi connectivity index (χ1v) is 12.4. The molecule has 0 saturated heterocycles. The number of hydrogen-bond donors (Lipinski definition) is 1. The van der Waals surface area contributed by atoms with Crippen LogP contribution in [-0.4, -0.2) is 26.5 Å². The number of aliphatic hydroxyl groups is 1. The van der Waals surface area contributed by atoms with E-state index in [9.17, 15) is 19.1 Å². The molecule has 0 aliphatic carbocycles. The van der Waals surface area contributed by atoms with E-state index in [4.69, 9.17) is 4.74 Å². The second-order valence-corrected chi connectivity index (χ2v) is 9.40. The lowest BCUT2D eigenvalue weighted by Crippen LogP contribution is -2.31. The van der Waals surface area contributed by atoms with E-state index >= 15 is 0 Å². The van der Waals surface area contributed by atoms with Crippen LogP contribution in [0.4, 0.5) is 4.39 Å². The van der Waals surface area contributed by atoms with Crippen molar-refractivity contribution in [3.63, 3.8) is 0 Å². The fourth-order valence-corrected chi connectivity index (χ4v) is 4.67. The monoisotopic (exact) mass is 552 g/mol. The van der Waals surface area contributed by atoms with Gasteiger partial charge in [-0.15, -0.1) is 0 Å². The average Bonchev–Trinajstić information content (AvgIpc) is 2.87. The number of fused-ring (bicyclic) bond motifs is 1. The molecule has 2 aromatic heterocycles. The van der Waals surface area contributed by atoms with E-state index in [1.807, 2.05) is 37.3 Å². The molecular weight excluding hydrogens is 527 g/mol. The standard InChI is InChI=1S/C28H26BrFN2O4/c1-3-22(34)15-32-26-24(29)20(13-18-9-11-21(30)12-10-18)14-31-25(26)27(23(17(2)33)28(32)35)36-16-19-7-5-4-6-8-19/h4-12,14,22,34H,3,13,15-16H2,1-2H3/t22-/m0/s1. The minimum atomic E-state index is -0.797. The molecule has 8 heteroatoms. The second kappa shape index (κ2) is 11.1. The number of nitrogens with zero attached hydrogens (tertiary/aromatic N) is 2. The molecule has 4 aromatic rings. The number of benzene rings is 2. The van der Waals surface area contributed by atoms with Crippen LogP contribution in [0.25, 0.3) is 11.0 Å². The van der Waals surface area contributed by atoms with Crippen molar-refractivity contribution in [1.82, 2.24) is 9.55 Å². The van der Waals surface area contributed by atoms with E-state index in [-0.39, 0.29) is 30.3 Å². The van der Waals surface area contributed by atoms with Gasteiger partial charge in [-0.3, -0.25) is 14.6 Å². The lowest BCUT2D eigenvalue weighted by Gasteiger charge is -2.20. The van der Waals surface area contributed by atoms with Gasteiger partial charge in [-0.05, 0) is 58.1 Å². The van der Waals surface area contributed by atoms with Crippen molar-refractivity contribution in [2.75, 3.05) is 0 Å². The van der Waals surface area contributed by atoms with E-state index in [0.29, 0.717) is 28.3 Å². The molecule has 0 unspecified atom stereocenters. The zero-order valence-corrected chi connectivity index (χ0v) is 21.6. The maximum Gasteiger partial charge on any atom is 0.265 e. The fraction of sp³-hybridized carbons (Fsp3) is 0.250. The lowest BCUT2D eigenvalue weighted by atomic mass is 10.0. The third kappa shape index (κ3) is 5.39. The van der Waals surface area contributed by atoms with Crippen LogP contribution in [0.15, 0.2) is 70.1 Å². The number of Topliss-reactive ketones (excluding diaryl/α,β-unsaturated/α-hetero) is 1. The molecule has 0 fully saturated rings. The fourth-order valence-electron chi connectivity index (χ4n) is 4.02. The van der Waals surface area contributed by atoms with Crippen LogP contribution in [0, 0.1) is 5.82 Å². The van der Waals surface area contributed by atoms with Crippen LogP contribution >= 0.6 is 15.9 Å². The Morgan fingerprint density at radius 3 is 2.47 bits per heavy atom. The molecule has 0 saturated carbocycles. The molecule has 6 nitrogen and oxygen atoms in total. The van der Waals surface area contributed by atoms with Crippen LogP contribution in [-0.2, 0) is 19.6 Å². The average molecular weight is 553 g/mol. The van der Waals surface area contributed by atoms with Gasteiger partial charge in [0.15, 0.2) is 11.5 Å². The van der Waals surface area contributed by atoms with Crippen LogP contribution in [0.2, 0.25) is 0 Å². The van der Waals surface area contributed by atoms with E-state index in [2.05, 4.69) is 20.9 Å². The number of hydrogen-bond acceptors (Lipinski definition) is 5. The largest absolute Gasteiger partial charge is 0.486 e. The summed E-state index contributed by atoms with van der Waals surface area (Å²) in [7, 11) is 0. The van der Waals surface area contributed by atoms with Crippen LogP contribution < -0.4 is 10.3 Å². The molecule has 2 aromatic carbocycles. The molecular formula is C28H26BrFN2O4. The highest BCUT2D eigenvalue weighted by atomic mass is 79.9. The molecule has 0 radical (unpaired) electrons. The third-order valence-corrected chi connectivity index (χ3v) is 6.87. The maximum absolute atomic E-state index is 13.6. The van der Waals surface area contributed by atoms with E-state index < -0.39 is 17.4 Å². The predicted octanol–water partition coefficient (Wildman–Crippen LogP) is 5.44. The zero-order chi connectivity index (χ0) is 25.8. The molecule has 1 atom stereocenters. The van der Waals surface area contributed by atoms with Crippen molar-refractivity contribution < 1.29 is 19.0 Å². The van der Waals surface area contributed by atoms with Crippen LogP contribution in [0.3, 0.4) is 0 Å². The molecule has 2 heterocycles. The molecule has 0 aliphatic heterocycles. The number of ketones is 1. The SMILES string of the molecule is CC[C@H](O)Cn1c(=O)c(C(C)=O)c(OCc2ccccc2)c2ncc(Cc3ccc(F)cc3)c(Br)c21. The Morgan fingerprint density at radius 2 is 1.83 bits per heavy atom. The summed E-state index contributed by atoms with van der Waals surface area (Å²) in [5.74, 6) is -0.658. The van der Waals surface area contributed by atoms with E-state index in [0.717, 1.165) is 16.7 Å². The Kier molecular flexibility index (Phi) is 7.96. The van der Waals surface area contributed by atoms with Crippen molar-refractivity contribution in [3.05, 3.63) is 104 Å². The number of ether oxygens (including phenoxy) is 1. The third-order valence-electron chi connectivity index (χ3n) is 5.99. The van der Waals surface area contributed by atoms with Crippen molar-refractivity contribution >= 4 is 32.7 Å². The van der Waals surface area contributed by atoms with Gasteiger partial charge in [0.2, 0.25) is 0 Å². The molecule has 186 valence electrons. The molecule has 0 aliphatic rings. The van der Waals surface area contributed by atoms with Gasteiger partial charge in [0, 0.05) is 17.1 Å². The van der Waals surface area contributed by atoms with Crippen molar-refractivity contribution in [2.45, 2.75) is 45.9 Å². The summed E-state index contributed by atoms with van der Waals surface area (Å²) in [4.78, 5) is 30.9. The van der Waals surface area contributed by atoms with Crippen molar-refractivity contribution in [1.29, 1.82) is 0 Å². The van der Waals surface area contributed by atoms with Gasteiger partial charge < -0.3 is 14.4 Å². The van der Waals surface area contributed by atoms with E-state index in [1.165, 1.54) is 23.6 Å². The van der Waals surface area contributed by atoms with Gasteiger partial charge in [-0.1, -0.05) is 49.4 Å². The summed E-state index contributed by atoms with van der Waals surface area (Å²) in [6.07, 6.45) is 1.72. The van der Waals surface area contributed by atoms with Gasteiger partial charge in [-0.25, -0.2) is 4.39 Å². The smallest absolute Gasteiger partial charge is 0.265 e. The lowest BCUT2D eigenvalue weighted by molar-refractivity contribution is 0.101. The van der Waals surface area contributed by atoms with Crippen LogP contribution in [0.1, 0.15) is 47.3 Å². The highest BCUT2D eigenvalue weighted by Gasteiger charge is 2.26. The van der Waals surface area contributed by atoms with Gasteiger partial charge in [0.1, 0.15) is 23.5 Å². The minimum Gasteiger partial charge on any atom is -0.486 e. The molecule has 36 heavy (non-hydrogen) atoms. The topological polar surface area (TPSA) is 81.4 Å². The second-order valence-electron chi connectivity index (χ2n) is 8.61. The summed E-state index contributed by atoms with van der Waals surface area (Å²) in [6, 6.07) is 15.6. The number of aromatic nitrogens is 2. The van der Waals surface area contributed by atoms with Crippen molar-refractivity contribution in [2.24, 2.45) is 0 Å². The first kappa shape index (κ1) is 25.7. The van der Waals surface area contributed by atoms with Gasteiger partial charge in [0.25, 0.3) is 5.56 Å². The van der Waals surface area contributed by atoms with Gasteiger partial charge in [-0.2, -0.15) is 0 Å². The van der Waals surface area contributed by atoms with Gasteiger partial charge >= 0.3 is 0 Å². The minimum absolute atomic E-state index is 0.00857. The first-order valence-electron chi connectivity index (χ1n) is 11.6. The van der Waals surface area contributed by atoms with Crippen LogP contribution in [0.5, 0.6) is 5.75 Å². The highest BCUT2D eigenvalue weighted by molar-refractivity contribution is 9.10. The maximum atomic E-state index is 13.6. The highest BCUT2D eigenvalue weighted by Crippen LogP contribution is 2.34. The molecule has 0 bridgehead atoms. The molecule has 0 amide bonds. The molecule has 0 spiro atoms. The quantitative estimate of drug-likeness (QED) is 0.279. The number of rotatable bonds is 9. The Labute approximate surface area is 216 Å². The summed E-state index contributed by atoms with van der Waals surface area (Å²) >= 11 is 3.65. The Hall–Kier alpha value is -3.36. The number of carbonyl (C=O) groups excluding carboxylic acids is 1. The van der Waals surface area contributed by atoms with Crippen molar-refractivity contribution in [3.8, 4) is 5.75 Å². The van der Waals surface area contributed by atoms with E-state index in [1.54, 1.807) is 18.3 Å². The first-order chi connectivity index (χ1) is 17.3. The van der Waals surface area contributed by atoms with Gasteiger partial charge in [0.05, 0.1) is 18.2 Å². The predicted molar refractivity (Wildman–Crippen MR) is 140 cm³/mol. The number of pyridine rings is 2. The number of aliphatic hydroxyl groups excluding tert-OH is 1. The summed E-state index contributed by atoms with van der Waals surface area (Å²) in [5, 5.41) is 10.4. The molecule has 4 rings (SSSR count). The Morgan fingerprint density at radius 1 is 1.14 bits per heavy atom.